The van der Waals surface area contributed by atoms with E-state index >= 15 is 0 Å². The van der Waals surface area contributed by atoms with Crippen LogP contribution in [0.25, 0.3) is 111 Å². The predicted molar refractivity (Wildman–Crippen MR) is 472 cm³/mol. The van der Waals surface area contributed by atoms with Crippen LogP contribution in [0.2, 0.25) is 0 Å². The fourth-order valence-electron chi connectivity index (χ4n) is 23.6. The van der Waals surface area contributed by atoms with E-state index in [9.17, 15) is 0 Å². The molecule has 0 unspecified atom stereocenters. The van der Waals surface area contributed by atoms with Crippen molar-refractivity contribution in [3.8, 4) is 66.8 Å². The fraction of sp³-hybridized carbons (Fsp3) is 0.294. The van der Waals surface area contributed by atoms with E-state index in [1.165, 1.54) is 249 Å². The molecule has 3 aromatic heterocycles. The first-order chi connectivity index (χ1) is 55.9. The third-order valence-electron chi connectivity index (χ3n) is 28.3. The van der Waals surface area contributed by atoms with E-state index in [0.717, 1.165) is 83.4 Å². The van der Waals surface area contributed by atoms with Crippen molar-refractivity contribution in [1.29, 1.82) is 0 Å². The van der Waals surface area contributed by atoms with Crippen LogP contribution in [0.15, 0.2) is 264 Å². The number of aromatic nitrogens is 1. The number of para-hydroxylation sites is 2. The van der Waals surface area contributed by atoms with Gasteiger partial charge in [0.25, 0.3) is 0 Å². The summed E-state index contributed by atoms with van der Waals surface area (Å²) in [5, 5.41) is 4.89. The number of hydrogen-bond acceptors (Lipinski definition) is 4. The summed E-state index contributed by atoms with van der Waals surface area (Å²) in [5.74, 6) is 0.901. The Balaban J connectivity index is 0.820. The lowest BCUT2D eigenvalue weighted by Gasteiger charge is -2.40. The highest BCUT2D eigenvalue weighted by Gasteiger charge is 2.59. The van der Waals surface area contributed by atoms with Gasteiger partial charge in [0, 0.05) is 55.5 Å². The summed E-state index contributed by atoms with van der Waals surface area (Å²) in [4.78, 5) is 8.03. The Kier molecular flexibility index (Phi) is 17.4. The molecule has 15 aromatic rings. The Labute approximate surface area is 667 Å². The molecular formula is C109H102N2O2. The summed E-state index contributed by atoms with van der Waals surface area (Å²) in [6.07, 6.45) is 31.3. The quantitative estimate of drug-likeness (QED) is 0.0481. The first-order valence-corrected chi connectivity index (χ1v) is 43.6. The van der Waals surface area contributed by atoms with Crippen molar-refractivity contribution < 1.29 is 8.83 Å². The number of pyridine rings is 1. The van der Waals surface area contributed by atoms with E-state index in [1.54, 1.807) is 16.7 Å². The summed E-state index contributed by atoms with van der Waals surface area (Å²) in [5.41, 5.74) is 37.1. The minimum Gasteiger partial charge on any atom is -0.456 e. The molecule has 4 heteroatoms. The minimum atomic E-state index is -0.703. The van der Waals surface area contributed by atoms with Crippen LogP contribution in [-0.2, 0) is 21.7 Å². The second kappa shape index (κ2) is 28.1. The molecule has 4 nitrogen and oxygen atoms in total. The molecule has 0 N–H and O–H groups in total. The number of fused-ring (bicyclic) bond motifs is 36. The SMILES string of the molecule is CCCCCCCC1(CCCCCCC)c2cc(N(c3ccc4c(c3)C3(c5ccccc5-c5ccccc53)c3cc5c(cc3-4)C3(c4ccccc4-c4ccccc43)c3ccc4oc6ccccc6c4c3-5)c3ccccn3)ccc2-c2c1c1c(c3c2oc2ccccc23)-c2ccccc2C1(CCCCCCC)CCCCCCC. The van der Waals surface area contributed by atoms with Crippen LogP contribution in [0.5, 0.6) is 0 Å². The van der Waals surface area contributed by atoms with Crippen molar-refractivity contribution in [2.45, 2.75) is 203 Å². The second-order valence-electron chi connectivity index (χ2n) is 34.2. The molecule has 0 bridgehead atoms. The van der Waals surface area contributed by atoms with Crippen molar-refractivity contribution in [3.05, 3.63) is 322 Å². The monoisotopic (exact) mass is 1470 g/mol. The van der Waals surface area contributed by atoms with E-state index in [2.05, 4.69) is 281 Å². The Hall–Kier alpha value is -10.8. The molecular weight excluding hydrogens is 1370 g/mol. The summed E-state index contributed by atoms with van der Waals surface area (Å²) in [6, 6.07) is 96.9. The number of rotatable bonds is 27. The standard InChI is InChI=1S/C109H102N2O2/c1-5-9-13-17-36-62-106(63-37-18-14-10-6-2)84-48-28-25-45-78(84)100-101-81-47-27-34-54-95(81)113-105(101)102-79-59-57-71(67-90(79)107(104(102)103(100)106,64-38-19-15-11-7-3)65-39-20-16-12-8-4)111(97-55-35-40-66-110-97)72-56-58-77-82-69-93-83(70-92(82)109(91(77)68-72)87-51-31-23-43-75(87)76-44-24-32-52-88(76)109)98-89(60-61-96-99(98)80-46-26-33-53-94(80)112-96)108(93)85-49-29-21-41-73(85)74-42-22-30-50-86(74)108/h21-35,40-61,66-70H,5-20,36-39,62-65H2,1-4H3. The first kappa shape index (κ1) is 70.1. The van der Waals surface area contributed by atoms with Gasteiger partial charge in [-0.25, -0.2) is 4.98 Å². The molecule has 21 rings (SSSR count). The average Bonchev–Trinajstić information content (AvgIpc) is 1.50. The van der Waals surface area contributed by atoms with Gasteiger partial charge in [-0.2, -0.15) is 0 Å². The average molecular weight is 1470 g/mol. The molecule has 0 fully saturated rings. The van der Waals surface area contributed by atoms with Gasteiger partial charge in [-0.15, -0.1) is 0 Å². The molecule has 0 amide bonds. The molecule has 113 heavy (non-hydrogen) atoms. The highest BCUT2D eigenvalue weighted by Crippen LogP contribution is 2.72. The van der Waals surface area contributed by atoms with Gasteiger partial charge in [-0.05, 0) is 220 Å². The summed E-state index contributed by atoms with van der Waals surface area (Å²) in [7, 11) is 0. The van der Waals surface area contributed by atoms with Crippen molar-refractivity contribution >= 4 is 61.1 Å². The molecule has 0 radical (unpaired) electrons. The van der Waals surface area contributed by atoms with Crippen LogP contribution in [-0.4, -0.2) is 4.98 Å². The maximum Gasteiger partial charge on any atom is 0.144 e. The van der Waals surface area contributed by atoms with Gasteiger partial charge < -0.3 is 8.83 Å². The van der Waals surface area contributed by atoms with Crippen molar-refractivity contribution in [1.82, 2.24) is 4.98 Å². The molecule has 0 saturated heterocycles. The van der Waals surface area contributed by atoms with Gasteiger partial charge in [0.1, 0.15) is 28.1 Å². The maximum absolute atomic E-state index is 7.71. The van der Waals surface area contributed by atoms with Gasteiger partial charge in [0.2, 0.25) is 0 Å². The normalized spacial score (nSPS) is 15.0. The zero-order valence-electron chi connectivity index (χ0n) is 66.4. The molecule has 560 valence electrons. The number of hydrogen-bond donors (Lipinski definition) is 0. The van der Waals surface area contributed by atoms with Crippen molar-refractivity contribution in [3.63, 3.8) is 0 Å². The van der Waals surface area contributed by atoms with Gasteiger partial charge in [0.15, 0.2) is 0 Å². The summed E-state index contributed by atoms with van der Waals surface area (Å²) >= 11 is 0. The van der Waals surface area contributed by atoms with Crippen LogP contribution >= 0.6 is 0 Å². The Morgan fingerprint density at radius 1 is 0.274 bits per heavy atom. The second-order valence-corrected chi connectivity index (χ2v) is 34.2. The first-order valence-electron chi connectivity index (χ1n) is 43.6. The molecule has 0 saturated carbocycles. The molecule has 3 heterocycles. The lowest BCUT2D eigenvalue weighted by Crippen LogP contribution is -2.33. The van der Waals surface area contributed by atoms with Gasteiger partial charge in [0.05, 0.1) is 10.8 Å². The van der Waals surface area contributed by atoms with E-state index in [1.807, 2.05) is 6.20 Å². The third-order valence-corrected chi connectivity index (χ3v) is 28.3. The lowest BCUT2D eigenvalue weighted by atomic mass is 9.62. The summed E-state index contributed by atoms with van der Waals surface area (Å²) in [6.45, 7) is 9.49. The number of nitrogens with zero attached hydrogens (tertiary/aromatic N) is 2. The Morgan fingerprint density at radius 2 is 0.681 bits per heavy atom. The van der Waals surface area contributed by atoms with Gasteiger partial charge in [-0.1, -0.05) is 338 Å². The zero-order chi connectivity index (χ0) is 75.6. The zero-order valence-corrected chi connectivity index (χ0v) is 66.4. The van der Waals surface area contributed by atoms with E-state index in [4.69, 9.17) is 13.8 Å². The maximum atomic E-state index is 7.71. The molecule has 0 atom stereocenters. The predicted octanol–water partition coefficient (Wildman–Crippen LogP) is 31.0. The highest BCUT2D eigenvalue weighted by molar-refractivity contribution is 6.22. The van der Waals surface area contributed by atoms with Crippen molar-refractivity contribution in [2.24, 2.45) is 0 Å². The number of furan rings is 2. The molecule has 12 aromatic carbocycles. The van der Waals surface area contributed by atoms with Crippen LogP contribution < -0.4 is 4.90 Å². The van der Waals surface area contributed by atoms with Crippen LogP contribution in [0.3, 0.4) is 0 Å². The number of anilines is 3. The van der Waals surface area contributed by atoms with E-state index in [-0.39, 0.29) is 10.8 Å². The summed E-state index contributed by atoms with van der Waals surface area (Å²) < 4.78 is 14.6. The highest BCUT2D eigenvalue weighted by atomic mass is 16.3. The smallest absolute Gasteiger partial charge is 0.144 e. The minimum absolute atomic E-state index is 0.174. The molecule has 6 aliphatic carbocycles. The Morgan fingerprint density at radius 3 is 1.23 bits per heavy atom. The van der Waals surface area contributed by atoms with Crippen LogP contribution in [0.4, 0.5) is 17.2 Å². The van der Waals surface area contributed by atoms with E-state index in [0.29, 0.717) is 0 Å². The van der Waals surface area contributed by atoms with Gasteiger partial charge in [-0.3, -0.25) is 4.90 Å². The molecule has 2 spiro atoms. The fourth-order valence-corrected chi connectivity index (χ4v) is 23.6. The lowest BCUT2D eigenvalue weighted by molar-refractivity contribution is 0.369. The van der Waals surface area contributed by atoms with Gasteiger partial charge >= 0.3 is 0 Å². The van der Waals surface area contributed by atoms with Crippen LogP contribution in [0, 0.1) is 0 Å². The number of benzene rings is 12. The Bertz CT molecular complexity index is 6140. The van der Waals surface area contributed by atoms with E-state index < -0.39 is 10.8 Å². The van der Waals surface area contributed by atoms with Crippen molar-refractivity contribution in [2.75, 3.05) is 4.90 Å². The molecule has 6 aliphatic rings. The van der Waals surface area contributed by atoms with Crippen LogP contribution in [0.1, 0.15) is 249 Å². The number of unbranched alkanes of at least 4 members (excludes halogenated alkanes) is 16. The topological polar surface area (TPSA) is 42.4 Å². The molecule has 0 aliphatic heterocycles. The largest absolute Gasteiger partial charge is 0.456 e. The third kappa shape index (κ3) is 10.1.